The van der Waals surface area contributed by atoms with Gasteiger partial charge < -0.3 is 33.7 Å². The van der Waals surface area contributed by atoms with Gasteiger partial charge in [-0.15, -0.1) is 0 Å². The number of piperidine rings is 3. The Bertz CT molecular complexity index is 3270. The third-order valence-corrected chi connectivity index (χ3v) is 18.0. The largest absolute Gasteiger partial charge is 0.508 e. The number of pyridine rings is 1. The molecule has 18 heteroatoms. The molecule has 3 aromatic heterocycles. The van der Waals surface area contributed by atoms with Crippen molar-refractivity contribution in [2.75, 3.05) is 88.5 Å². The van der Waals surface area contributed by atoms with Gasteiger partial charge in [-0.05, 0) is 135 Å². The van der Waals surface area contributed by atoms with Crippen LogP contribution < -0.4 is 25.6 Å². The number of piperazine rings is 1. The molecule has 2 amide bonds. The summed E-state index contributed by atoms with van der Waals surface area (Å²) in [4.78, 5) is 61.2. The van der Waals surface area contributed by atoms with Crippen molar-refractivity contribution in [2.45, 2.75) is 95.6 Å². The molecular formula is C56H63F2N9O7. The van der Waals surface area contributed by atoms with Crippen molar-refractivity contribution in [3.05, 3.63) is 76.4 Å². The van der Waals surface area contributed by atoms with Crippen LogP contribution in [0.5, 0.6) is 11.8 Å². The Kier molecular flexibility index (Phi) is 11.7. The van der Waals surface area contributed by atoms with Crippen molar-refractivity contribution in [1.29, 1.82) is 0 Å². The molecule has 74 heavy (non-hydrogen) atoms. The third kappa shape index (κ3) is 8.53. The molecule has 2 atom stereocenters. The van der Waals surface area contributed by atoms with Gasteiger partial charge in [0.2, 0.25) is 11.8 Å². The van der Waals surface area contributed by atoms with Crippen LogP contribution in [0.2, 0.25) is 0 Å². The second-order valence-corrected chi connectivity index (χ2v) is 22.8. The number of benzene rings is 3. The first-order valence-electron chi connectivity index (χ1n) is 26.9. The summed E-state index contributed by atoms with van der Waals surface area (Å²) < 4.78 is 52.2. The molecule has 0 bridgehead atoms. The molecule has 388 valence electrons. The molecular weight excluding hydrogens is 949 g/mol. The molecule has 5 saturated heterocycles. The fourth-order valence-corrected chi connectivity index (χ4v) is 13.6. The number of nitrogens with zero attached hydrogens (tertiary/aromatic N) is 8. The number of rotatable bonds is 12. The SMILES string of the molecule is CCc1c(F)ccc2cc(O)cc(-c3ncc4c(N5CCC[C@]6(CCO6)C5)nc(OCC5(CN6CCC7(CC6)CC(CN6CCN(c8ccc9c(c8)oc(=O)n9C8CCC(=O)NC8=O)CC6)C7)CC5)nc4c3F)c12. The van der Waals surface area contributed by atoms with E-state index in [-0.39, 0.29) is 52.7 Å². The summed E-state index contributed by atoms with van der Waals surface area (Å²) in [7, 11) is 0. The quantitative estimate of drug-likeness (QED) is 0.115. The van der Waals surface area contributed by atoms with Crippen LogP contribution in [0, 0.1) is 28.4 Å². The van der Waals surface area contributed by atoms with E-state index in [1.54, 1.807) is 18.3 Å². The highest BCUT2D eigenvalue weighted by molar-refractivity contribution is 6.02. The topological polar surface area (TPSA) is 172 Å². The fourth-order valence-electron chi connectivity index (χ4n) is 13.6. The minimum Gasteiger partial charge on any atom is -0.508 e. The van der Waals surface area contributed by atoms with E-state index in [2.05, 4.69) is 29.9 Å². The van der Waals surface area contributed by atoms with Crippen molar-refractivity contribution in [2.24, 2.45) is 16.7 Å². The standard InChI is InChI=1S/C56H63F2N9O7/c1-2-38-41(57)6-4-35-24-37(68)26-39(46(35)38)48-47(58)49-40(29-59-48)50(66-16-3-10-56(32-66)15-23-73-56)62-52(61-49)72-33-55(11-12-55)31-64-17-13-54(14-18-64)27-34(28-54)30-63-19-21-65(22-20-63)36-5-7-42-44(25-36)74-53(71)67(42)43-8-9-45(69)60-51(43)70/h4-7,24-26,29,34,43,68H,2-3,8-23,27-28,30-33H2,1H3,(H,60,69,70)/t43?,56-/m0/s1. The molecule has 2 saturated carbocycles. The molecule has 2 aliphatic carbocycles. The van der Waals surface area contributed by atoms with Gasteiger partial charge in [0.1, 0.15) is 34.6 Å². The van der Waals surface area contributed by atoms with Gasteiger partial charge in [0.25, 0.3) is 0 Å². The Morgan fingerprint density at radius 1 is 0.892 bits per heavy atom. The molecule has 1 unspecified atom stereocenters. The van der Waals surface area contributed by atoms with Crippen LogP contribution in [0.1, 0.15) is 89.2 Å². The molecule has 0 radical (unpaired) electrons. The van der Waals surface area contributed by atoms with Gasteiger partial charge in [-0.3, -0.25) is 29.4 Å². The zero-order valence-electron chi connectivity index (χ0n) is 42.0. The summed E-state index contributed by atoms with van der Waals surface area (Å²) in [5, 5.41) is 14.7. The average Bonchev–Trinajstić information content (AvgIpc) is 4.07. The van der Waals surface area contributed by atoms with Crippen molar-refractivity contribution in [3.8, 4) is 23.0 Å². The van der Waals surface area contributed by atoms with Crippen LogP contribution in [-0.2, 0) is 20.7 Å². The number of nitrogens with one attached hydrogen (secondary N) is 1. The van der Waals surface area contributed by atoms with E-state index in [1.807, 2.05) is 25.1 Å². The van der Waals surface area contributed by atoms with Gasteiger partial charge in [0.15, 0.2) is 11.4 Å². The number of carbonyl (C=O) groups excluding carboxylic acids is 2. The zero-order chi connectivity index (χ0) is 50.5. The minimum atomic E-state index is -0.763. The first-order valence-corrected chi connectivity index (χ1v) is 26.9. The number of phenols is 1. The maximum Gasteiger partial charge on any atom is 0.420 e. The minimum absolute atomic E-state index is 0.0161. The Morgan fingerprint density at radius 2 is 1.70 bits per heavy atom. The number of fused-ring (bicyclic) bond motifs is 3. The Labute approximate surface area is 427 Å². The zero-order valence-corrected chi connectivity index (χ0v) is 42.0. The molecule has 16 nitrogen and oxygen atoms in total. The van der Waals surface area contributed by atoms with E-state index in [9.17, 15) is 19.5 Å². The number of anilines is 2. The number of aryl methyl sites for hydroxylation is 1. The lowest BCUT2D eigenvalue weighted by molar-refractivity contribution is -0.151. The number of hydrogen-bond acceptors (Lipinski definition) is 14. The van der Waals surface area contributed by atoms with E-state index in [0.29, 0.717) is 75.1 Å². The first kappa shape index (κ1) is 47.5. The van der Waals surface area contributed by atoms with E-state index in [0.717, 1.165) is 103 Å². The number of aromatic hydroxyl groups is 1. The van der Waals surface area contributed by atoms with Crippen LogP contribution >= 0.6 is 0 Å². The number of oxazole rings is 1. The lowest BCUT2D eigenvalue weighted by Gasteiger charge is -2.54. The van der Waals surface area contributed by atoms with Crippen LogP contribution in [-0.4, -0.2) is 131 Å². The van der Waals surface area contributed by atoms with Gasteiger partial charge in [-0.2, -0.15) is 9.97 Å². The molecule has 2 spiro atoms. The van der Waals surface area contributed by atoms with Crippen LogP contribution in [0.3, 0.4) is 0 Å². The highest BCUT2D eigenvalue weighted by atomic mass is 19.1. The third-order valence-electron chi connectivity index (χ3n) is 18.0. The highest BCUT2D eigenvalue weighted by Gasteiger charge is 2.50. The predicted octanol–water partition coefficient (Wildman–Crippen LogP) is 7.51. The molecule has 3 aromatic carbocycles. The number of aromatic nitrogens is 4. The van der Waals surface area contributed by atoms with Crippen LogP contribution in [0.25, 0.3) is 44.0 Å². The summed E-state index contributed by atoms with van der Waals surface area (Å²) in [5.74, 6) is -1.25. The highest BCUT2D eigenvalue weighted by Crippen LogP contribution is 2.54. The van der Waals surface area contributed by atoms with Gasteiger partial charge in [-0.25, -0.2) is 13.6 Å². The molecule has 5 aliphatic heterocycles. The number of amides is 2. The summed E-state index contributed by atoms with van der Waals surface area (Å²) in [6.07, 6.45) is 12.3. The van der Waals surface area contributed by atoms with Gasteiger partial charge in [0, 0.05) is 94.1 Å². The van der Waals surface area contributed by atoms with Gasteiger partial charge in [-0.1, -0.05) is 13.0 Å². The Balaban J connectivity index is 0.638. The average molecular weight is 1010 g/mol. The van der Waals surface area contributed by atoms with E-state index in [1.165, 1.54) is 42.4 Å². The number of likely N-dealkylation sites (tertiary alicyclic amines) is 1. The Morgan fingerprint density at radius 3 is 2.45 bits per heavy atom. The molecule has 13 rings (SSSR count). The number of carbonyl (C=O) groups is 2. The number of phenolic OH excluding ortho intramolecular Hbond substituents is 1. The normalized spacial score (nSPS) is 24.2. The number of hydrogen-bond donors (Lipinski definition) is 2. The van der Waals surface area contributed by atoms with Crippen LogP contribution in [0.4, 0.5) is 20.3 Å². The molecule has 8 heterocycles. The summed E-state index contributed by atoms with van der Waals surface area (Å²) in [6, 6.07) is 11.1. The van der Waals surface area contributed by atoms with E-state index < -0.39 is 29.3 Å². The first-order chi connectivity index (χ1) is 35.9. The maximum absolute atomic E-state index is 17.3. The maximum atomic E-state index is 17.3. The van der Waals surface area contributed by atoms with Crippen molar-refractivity contribution >= 4 is 56.1 Å². The van der Waals surface area contributed by atoms with E-state index in [4.69, 9.17) is 23.9 Å². The summed E-state index contributed by atoms with van der Waals surface area (Å²) >= 11 is 0. The van der Waals surface area contributed by atoms with Crippen molar-refractivity contribution < 1.29 is 37.4 Å². The monoisotopic (exact) mass is 1010 g/mol. The second kappa shape index (κ2) is 18.3. The van der Waals surface area contributed by atoms with Gasteiger partial charge >= 0.3 is 11.8 Å². The molecule has 7 aliphatic rings. The van der Waals surface area contributed by atoms with Crippen LogP contribution in [0.15, 0.2) is 57.9 Å². The van der Waals surface area contributed by atoms with E-state index >= 15 is 8.78 Å². The predicted molar refractivity (Wildman–Crippen MR) is 275 cm³/mol. The second-order valence-electron chi connectivity index (χ2n) is 22.8. The Hall–Kier alpha value is -6.24. The fraction of sp³-hybridized carbons (Fsp3) is 0.536. The molecule has 6 aromatic rings. The number of imide groups is 1. The van der Waals surface area contributed by atoms with Crippen molar-refractivity contribution in [3.63, 3.8) is 0 Å². The smallest absolute Gasteiger partial charge is 0.420 e. The van der Waals surface area contributed by atoms with Gasteiger partial charge in [0.05, 0.1) is 29.7 Å². The summed E-state index contributed by atoms with van der Waals surface area (Å²) in [5.41, 5.74) is 2.95. The lowest BCUT2D eigenvalue weighted by atomic mass is 9.57. The number of halogens is 2. The molecule has 2 N–H and O–H groups in total. The lowest BCUT2D eigenvalue weighted by Crippen LogP contribution is -2.56. The van der Waals surface area contributed by atoms with Crippen molar-refractivity contribution in [1.82, 2.24) is 34.6 Å². The number of ether oxygens (including phenoxy) is 2. The summed E-state index contributed by atoms with van der Waals surface area (Å²) in [6.45, 7) is 12.2. The molecule has 7 fully saturated rings.